The van der Waals surface area contributed by atoms with Crippen molar-refractivity contribution in [2.75, 3.05) is 18.5 Å². The first-order valence-corrected chi connectivity index (χ1v) is 10.7. The standard InChI is InChI=1S/C25H26N4O3/c1-3-32-24(31)19-10-11-22-20(15-19)28-25(26-14-13-18-7-5-4-6-8-18)29(22)16-21-23(30)12-9-17(2)27-21/h4-12,15,30H,3,13-14,16H2,1-2H3,(H,26,28). The number of aromatic hydroxyl groups is 1. The van der Waals surface area contributed by atoms with Crippen LogP contribution in [0, 0.1) is 6.92 Å². The molecule has 164 valence electrons. The van der Waals surface area contributed by atoms with Crippen LogP contribution >= 0.6 is 0 Å². The lowest BCUT2D eigenvalue weighted by molar-refractivity contribution is 0.0526. The SMILES string of the molecule is CCOC(=O)c1ccc2c(c1)nc(NCCc1ccccc1)n2Cc1nc(C)ccc1O. The number of fused-ring (bicyclic) bond motifs is 1. The van der Waals surface area contributed by atoms with Gasteiger partial charge in [0.25, 0.3) is 0 Å². The van der Waals surface area contributed by atoms with Crippen LogP contribution in [0.4, 0.5) is 5.95 Å². The Labute approximate surface area is 186 Å². The number of anilines is 1. The molecule has 0 spiro atoms. The minimum Gasteiger partial charge on any atom is -0.506 e. The van der Waals surface area contributed by atoms with Gasteiger partial charge in [-0.05, 0) is 56.2 Å². The largest absolute Gasteiger partial charge is 0.506 e. The maximum absolute atomic E-state index is 12.2. The van der Waals surface area contributed by atoms with Crippen LogP contribution in [0.1, 0.15) is 34.2 Å². The van der Waals surface area contributed by atoms with E-state index in [1.807, 2.05) is 35.8 Å². The maximum atomic E-state index is 12.2. The number of esters is 1. The zero-order chi connectivity index (χ0) is 22.5. The Balaban J connectivity index is 1.67. The molecule has 7 heteroatoms. The first-order chi connectivity index (χ1) is 15.5. The molecule has 0 atom stereocenters. The molecular formula is C25H26N4O3. The summed E-state index contributed by atoms with van der Waals surface area (Å²) >= 11 is 0. The number of hydrogen-bond donors (Lipinski definition) is 2. The van der Waals surface area contributed by atoms with Gasteiger partial charge in [0, 0.05) is 12.2 Å². The number of hydrogen-bond acceptors (Lipinski definition) is 6. The second-order valence-corrected chi connectivity index (χ2v) is 7.53. The number of carbonyl (C=O) groups is 1. The summed E-state index contributed by atoms with van der Waals surface area (Å²) in [4.78, 5) is 21.4. The molecule has 2 heterocycles. The summed E-state index contributed by atoms with van der Waals surface area (Å²) < 4.78 is 7.09. The number of benzene rings is 2. The highest BCUT2D eigenvalue weighted by molar-refractivity contribution is 5.94. The molecular weight excluding hydrogens is 404 g/mol. The molecule has 0 radical (unpaired) electrons. The Morgan fingerprint density at radius 3 is 2.69 bits per heavy atom. The van der Waals surface area contributed by atoms with Gasteiger partial charge in [-0.25, -0.2) is 9.78 Å². The third-order valence-corrected chi connectivity index (χ3v) is 5.20. The molecule has 0 aliphatic carbocycles. The van der Waals surface area contributed by atoms with Crippen LogP contribution in [0.5, 0.6) is 5.75 Å². The van der Waals surface area contributed by atoms with Crippen molar-refractivity contribution in [3.8, 4) is 5.75 Å². The number of rotatable bonds is 8. The molecule has 0 amide bonds. The van der Waals surface area contributed by atoms with Crippen molar-refractivity contribution in [2.24, 2.45) is 0 Å². The molecule has 0 saturated carbocycles. The molecule has 4 rings (SSSR count). The van der Waals surface area contributed by atoms with Gasteiger partial charge < -0.3 is 19.7 Å². The number of aromatic nitrogens is 3. The Morgan fingerprint density at radius 2 is 1.91 bits per heavy atom. The van der Waals surface area contributed by atoms with E-state index in [1.54, 1.807) is 31.2 Å². The topological polar surface area (TPSA) is 89.3 Å². The van der Waals surface area contributed by atoms with Gasteiger partial charge in [0.05, 0.1) is 29.7 Å². The molecule has 0 saturated heterocycles. The molecule has 0 unspecified atom stereocenters. The first-order valence-electron chi connectivity index (χ1n) is 10.7. The second-order valence-electron chi connectivity index (χ2n) is 7.53. The lowest BCUT2D eigenvalue weighted by Crippen LogP contribution is -2.12. The fourth-order valence-electron chi connectivity index (χ4n) is 3.60. The summed E-state index contributed by atoms with van der Waals surface area (Å²) in [6, 6.07) is 19.0. The molecule has 4 aromatic rings. The van der Waals surface area contributed by atoms with Gasteiger partial charge in [-0.15, -0.1) is 0 Å². The average molecular weight is 431 g/mol. The van der Waals surface area contributed by atoms with Crippen LogP contribution < -0.4 is 5.32 Å². The summed E-state index contributed by atoms with van der Waals surface area (Å²) in [5.74, 6) is 0.413. The molecule has 32 heavy (non-hydrogen) atoms. The Kier molecular flexibility index (Phi) is 6.35. The molecule has 0 bridgehead atoms. The Hall–Kier alpha value is -3.87. The third-order valence-electron chi connectivity index (χ3n) is 5.20. The van der Waals surface area contributed by atoms with Gasteiger partial charge in [0.1, 0.15) is 11.4 Å². The number of nitrogens with one attached hydrogen (secondary N) is 1. The number of ether oxygens (including phenoxy) is 1. The summed E-state index contributed by atoms with van der Waals surface area (Å²) in [6.07, 6.45) is 0.839. The maximum Gasteiger partial charge on any atom is 0.338 e. The van der Waals surface area contributed by atoms with E-state index in [9.17, 15) is 9.90 Å². The first kappa shape index (κ1) is 21.4. The highest BCUT2D eigenvalue weighted by Crippen LogP contribution is 2.25. The van der Waals surface area contributed by atoms with Crippen molar-refractivity contribution in [3.63, 3.8) is 0 Å². The lowest BCUT2D eigenvalue weighted by atomic mass is 10.1. The Bertz CT molecular complexity index is 1230. The van der Waals surface area contributed by atoms with Crippen molar-refractivity contribution < 1.29 is 14.6 Å². The van der Waals surface area contributed by atoms with Crippen LogP contribution in [0.2, 0.25) is 0 Å². The zero-order valence-electron chi connectivity index (χ0n) is 18.2. The van der Waals surface area contributed by atoms with Gasteiger partial charge in [-0.2, -0.15) is 0 Å². The number of pyridine rings is 1. The van der Waals surface area contributed by atoms with E-state index >= 15 is 0 Å². The quantitative estimate of drug-likeness (QED) is 0.405. The number of nitrogens with zero attached hydrogens (tertiary/aromatic N) is 3. The highest BCUT2D eigenvalue weighted by atomic mass is 16.5. The van der Waals surface area contributed by atoms with E-state index in [-0.39, 0.29) is 11.7 Å². The monoisotopic (exact) mass is 430 g/mol. The zero-order valence-corrected chi connectivity index (χ0v) is 18.2. The molecule has 0 aliphatic heterocycles. The lowest BCUT2D eigenvalue weighted by Gasteiger charge is -2.12. The van der Waals surface area contributed by atoms with Gasteiger partial charge in [0.2, 0.25) is 5.95 Å². The van der Waals surface area contributed by atoms with E-state index in [2.05, 4.69) is 22.4 Å². The van der Waals surface area contributed by atoms with Crippen molar-refractivity contribution in [1.82, 2.24) is 14.5 Å². The summed E-state index contributed by atoms with van der Waals surface area (Å²) in [5.41, 5.74) is 4.57. The van der Waals surface area contributed by atoms with Crippen molar-refractivity contribution >= 4 is 23.0 Å². The summed E-state index contributed by atoms with van der Waals surface area (Å²) in [6.45, 7) is 5.01. The molecule has 7 nitrogen and oxygen atoms in total. The van der Waals surface area contributed by atoms with Crippen LogP contribution in [0.25, 0.3) is 11.0 Å². The highest BCUT2D eigenvalue weighted by Gasteiger charge is 2.16. The molecule has 2 aromatic carbocycles. The normalized spacial score (nSPS) is 10.9. The summed E-state index contributed by atoms with van der Waals surface area (Å²) in [5, 5.41) is 13.7. The smallest absolute Gasteiger partial charge is 0.338 e. The molecule has 0 aliphatic rings. The van der Waals surface area contributed by atoms with Crippen molar-refractivity contribution in [3.05, 3.63) is 83.2 Å². The molecule has 2 N–H and O–H groups in total. The van der Waals surface area contributed by atoms with Gasteiger partial charge in [-0.3, -0.25) is 4.98 Å². The number of aryl methyl sites for hydroxylation is 1. The predicted molar refractivity (Wildman–Crippen MR) is 124 cm³/mol. The van der Waals surface area contributed by atoms with Crippen LogP contribution in [-0.2, 0) is 17.7 Å². The molecule has 2 aromatic heterocycles. The van der Waals surface area contributed by atoms with Crippen LogP contribution in [-0.4, -0.2) is 38.8 Å². The molecule has 0 fully saturated rings. The van der Waals surface area contributed by atoms with Crippen LogP contribution in [0.15, 0.2) is 60.7 Å². The number of imidazole rings is 1. The van der Waals surface area contributed by atoms with E-state index in [1.165, 1.54) is 5.56 Å². The van der Waals surface area contributed by atoms with Crippen molar-refractivity contribution in [2.45, 2.75) is 26.8 Å². The minimum atomic E-state index is -0.375. The Morgan fingerprint density at radius 1 is 1.09 bits per heavy atom. The van der Waals surface area contributed by atoms with Gasteiger partial charge in [0.15, 0.2) is 0 Å². The predicted octanol–water partition coefficient (Wildman–Crippen LogP) is 4.32. The fraction of sp³-hybridized carbons (Fsp3) is 0.240. The van der Waals surface area contributed by atoms with Gasteiger partial charge >= 0.3 is 5.97 Å². The van der Waals surface area contributed by atoms with E-state index in [0.717, 1.165) is 17.6 Å². The minimum absolute atomic E-state index is 0.135. The van der Waals surface area contributed by atoms with Crippen LogP contribution in [0.3, 0.4) is 0 Å². The van der Waals surface area contributed by atoms with Crippen molar-refractivity contribution in [1.29, 1.82) is 0 Å². The van der Waals surface area contributed by atoms with E-state index in [0.29, 0.717) is 42.4 Å². The van der Waals surface area contributed by atoms with Gasteiger partial charge in [-0.1, -0.05) is 30.3 Å². The van der Waals surface area contributed by atoms with E-state index < -0.39 is 0 Å². The average Bonchev–Trinajstić information content (AvgIpc) is 3.13. The fourth-order valence-corrected chi connectivity index (χ4v) is 3.60. The second kappa shape index (κ2) is 9.51. The number of carbonyl (C=O) groups excluding carboxylic acids is 1. The van der Waals surface area contributed by atoms with E-state index in [4.69, 9.17) is 9.72 Å². The third kappa shape index (κ3) is 4.72. The summed E-state index contributed by atoms with van der Waals surface area (Å²) in [7, 11) is 0.